The summed E-state index contributed by atoms with van der Waals surface area (Å²) >= 11 is 0. The quantitative estimate of drug-likeness (QED) is 0.404. The van der Waals surface area contributed by atoms with E-state index in [9.17, 15) is 14.4 Å². The summed E-state index contributed by atoms with van der Waals surface area (Å²) < 4.78 is 17.4. The zero-order valence-electron chi connectivity index (χ0n) is 23.6. The molecule has 1 aliphatic heterocycles. The molecule has 206 valence electrons. The van der Waals surface area contributed by atoms with Crippen LogP contribution in [0.2, 0.25) is 0 Å². The molecule has 0 aromatic rings. The zero-order chi connectivity index (χ0) is 26.7. The van der Waals surface area contributed by atoms with E-state index >= 15 is 0 Å². The summed E-state index contributed by atoms with van der Waals surface area (Å²) in [6.07, 6.45) is 8.83. The molecule has 0 radical (unpaired) electrons. The Kier molecular flexibility index (Phi) is 7.02. The van der Waals surface area contributed by atoms with Crippen LogP contribution in [-0.4, -0.2) is 36.5 Å². The average Bonchev–Trinajstić information content (AvgIpc) is 3.31. The second-order valence-corrected chi connectivity index (χ2v) is 13.5. The third-order valence-electron chi connectivity index (χ3n) is 11.5. The lowest BCUT2D eigenvalue weighted by molar-refractivity contribution is -0.165. The first-order valence-corrected chi connectivity index (χ1v) is 14.6. The zero-order valence-corrected chi connectivity index (χ0v) is 23.6. The van der Waals surface area contributed by atoms with Gasteiger partial charge in [-0.3, -0.25) is 14.4 Å². The molecule has 0 N–H and O–H groups in total. The Balaban J connectivity index is 1.30. The number of esters is 2. The van der Waals surface area contributed by atoms with Crippen molar-refractivity contribution in [3.8, 4) is 0 Å². The van der Waals surface area contributed by atoms with Crippen LogP contribution in [0.1, 0.15) is 99.3 Å². The lowest BCUT2D eigenvalue weighted by Gasteiger charge is -2.60. The SMILES string of the molecule is CC(=O)OC[C@H](C)CCC1=C(C)[C@H]2[C@H](C[C@H]3[C@@H]4CC[C@H]5C[C@H](OC(C)=O)CC[C@]5(C)[C@H]4CC(=O)[C@@]32C)O1. The van der Waals surface area contributed by atoms with Gasteiger partial charge in [0, 0.05) is 38.0 Å². The molecule has 0 aromatic heterocycles. The predicted molar refractivity (Wildman–Crippen MR) is 139 cm³/mol. The lowest BCUT2D eigenvalue weighted by atomic mass is 9.44. The number of carbonyl (C=O) groups excluding carboxylic acids is 3. The predicted octanol–water partition coefficient (Wildman–Crippen LogP) is 6.02. The Bertz CT molecular complexity index is 984. The fourth-order valence-electron chi connectivity index (χ4n) is 9.55. The molecule has 0 amide bonds. The molecule has 6 nitrogen and oxygen atoms in total. The minimum absolute atomic E-state index is 0.0406. The molecule has 5 aliphatic rings. The van der Waals surface area contributed by atoms with Crippen molar-refractivity contribution in [1.29, 1.82) is 0 Å². The maximum atomic E-state index is 14.1. The van der Waals surface area contributed by atoms with Gasteiger partial charge in [-0.05, 0) is 92.4 Å². The molecule has 4 saturated carbocycles. The first-order chi connectivity index (χ1) is 17.4. The smallest absolute Gasteiger partial charge is 0.302 e. The molecule has 4 aliphatic carbocycles. The van der Waals surface area contributed by atoms with Crippen molar-refractivity contribution in [3.63, 3.8) is 0 Å². The van der Waals surface area contributed by atoms with E-state index in [1.54, 1.807) is 0 Å². The van der Waals surface area contributed by atoms with Gasteiger partial charge < -0.3 is 14.2 Å². The molecular formula is C31H46O6. The second kappa shape index (κ2) is 9.72. The molecular weight excluding hydrogens is 468 g/mol. The van der Waals surface area contributed by atoms with E-state index in [0.717, 1.165) is 44.3 Å². The monoisotopic (exact) mass is 514 g/mol. The minimum Gasteiger partial charge on any atom is -0.494 e. The van der Waals surface area contributed by atoms with Crippen LogP contribution in [0.5, 0.6) is 0 Å². The number of rotatable bonds is 6. The van der Waals surface area contributed by atoms with Crippen LogP contribution in [0.25, 0.3) is 0 Å². The maximum absolute atomic E-state index is 14.1. The van der Waals surface area contributed by atoms with Gasteiger partial charge in [0.05, 0.1) is 12.4 Å². The topological polar surface area (TPSA) is 78.9 Å². The summed E-state index contributed by atoms with van der Waals surface area (Å²) in [5.74, 6) is 3.49. The Morgan fingerprint density at radius 2 is 1.84 bits per heavy atom. The number of ketones is 1. The molecule has 0 aromatic carbocycles. The van der Waals surface area contributed by atoms with Gasteiger partial charge >= 0.3 is 11.9 Å². The largest absolute Gasteiger partial charge is 0.494 e. The molecule has 4 fully saturated rings. The van der Waals surface area contributed by atoms with Gasteiger partial charge in [-0.2, -0.15) is 0 Å². The third kappa shape index (κ3) is 4.44. The highest BCUT2D eigenvalue weighted by Gasteiger charge is 2.67. The molecule has 5 rings (SSSR count). The number of carbonyl (C=O) groups is 3. The molecule has 0 unspecified atom stereocenters. The Hall–Kier alpha value is -1.85. The van der Waals surface area contributed by atoms with E-state index < -0.39 is 0 Å². The molecule has 6 heteroatoms. The van der Waals surface area contributed by atoms with E-state index in [4.69, 9.17) is 14.2 Å². The third-order valence-corrected chi connectivity index (χ3v) is 11.5. The summed E-state index contributed by atoms with van der Waals surface area (Å²) in [6.45, 7) is 12.4. The van der Waals surface area contributed by atoms with Crippen LogP contribution in [0, 0.1) is 46.3 Å². The van der Waals surface area contributed by atoms with Gasteiger partial charge in [-0.1, -0.05) is 20.8 Å². The van der Waals surface area contributed by atoms with Crippen molar-refractivity contribution in [1.82, 2.24) is 0 Å². The van der Waals surface area contributed by atoms with Crippen LogP contribution in [-0.2, 0) is 28.6 Å². The second-order valence-electron chi connectivity index (χ2n) is 13.5. The lowest BCUT2D eigenvalue weighted by Crippen LogP contribution is -2.57. The first-order valence-electron chi connectivity index (χ1n) is 14.6. The van der Waals surface area contributed by atoms with Crippen molar-refractivity contribution < 1.29 is 28.6 Å². The van der Waals surface area contributed by atoms with Crippen molar-refractivity contribution >= 4 is 17.7 Å². The van der Waals surface area contributed by atoms with Crippen LogP contribution < -0.4 is 0 Å². The average molecular weight is 515 g/mol. The number of hydrogen-bond donors (Lipinski definition) is 0. The highest BCUT2D eigenvalue weighted by molar-refractivity contribution is 5.87. The standard InChI is InChI=1S/C31H46O6/c1-17(16-35-19(3)32)7-10-26-18(2)29-27(37-26)14-25-23-9-8-21-13-22(36-20(4)33)11-12-30(21,5)24(23)15-28(34)31(25,29)6/h17,21-25,27,29H,7-16H2,1-6H3/t17-,21+,22-,23-,24+,25+,27+,29+,30+,31-/m1/s1. The number of ether oxygens (including phenoxy) is 3. The highest BCUT2D eigenvalue weighted by Crippen LogP contribution is 2.68. The van der Waals surface area contributed by atoms with Crippen molar-refractivity contribution in [2.24, 2.45) is 46.3 Å². The Labute approximate surface area is 222 Å². The minimum atomic E-state index is -0.334. The number of Topliss-reactive ketones (excluding diaryl/α,β-unsaturated/α-hetero) is 1. The van der Waals surface area contributed by atoms with Crippen LogP contribution in [0.3, 0.4) is 0 Å². The summed E-state index contributed by atoms with van der Waals surface area (Å²) in [5.41, 5.74) is 1.10. The van der Waals surface area contributed by atoms with Gasteiger partial charge in [-0.15, -0.1) is 0 Å². The molecule has 0 bridgehead atoms. The molecule has 1 heterocycles. The van der Waals surface area contributed by atoms with Crippen LogP contribution >= 0.6 is 0 Å². The fourth-order valence-corrected chi connectivity index (χ4v) is 9.55. The van der Waals surface area contributed by atoms with Gasteiger partial charge in [0.2, 0.25) is 0 Å². The normalized spacial score (nSPS) is 43.2. The van der Waals surface area contributed by atoms with E-state index in [-0.39, 0.29) is 46.8 Å². The summed E-state index contributed by atoms with van der Waals surface area (Å²) in [4.78, 5) is 36.8. The van der Waals surface area contributed by atoms with Crippen molar-refractivity contribution in [2.75, 3.05) is 6.61 Å². The van der Waals surface area contributed by atoms with Gasteiger partial charge in [0.25, 0.3) is 0 Å². The number of fused-ring (bicyclic) bond motifs is 7. The van der Waals surface area contributed by atoms with E-state index in [0.29, 0.717) is 42.5 Å². The maximum Gasteiger partial charge on any atom is 0.302 e. The van der Waals surface area contributed by atoms with Crippen molar-refractivity contribution in [3.05, 3.63) is 11.3 Å². The summed E-state index contributed by atoms with van der Waals surface area (Å²) in [6, 6.07) is 0. The molecule has 37 heavy (non-hydrogen) atoms. The highest BCUT2D eigenvalue weighted by atomic mass is 16.5. The molecule has 0 saturated heterocycles. The summed E-state index contributed by atoms with van der Waals surface area (Å²) in [7, 11) is 0. The van der Waals surface area contributed by atoms with Crippen LogP contribution in [0.15, 0.2) is 11.3 Å². The van der Waals surface area contributed by atoms with Gasteiger partial charge in [-0.25, -0.2) is 0 Å². The van der Waals surface area contributed by atoms with E-state index in [1.165, 1.54) is 32.3 Å². The van der Waals surface area contributed by atoms with Gasteiger partial charge in [0.1, 0.15) is 18.0 Å². The summed E-state index contributed by atoms with van der Waals surface area (Å²) in [5, 5.41) is 0. The van der Waals surface area contributed by atoms with E-state index in [1.807, 2.05) is 0 Å². The van der Waals surface area contributed by atoms with Crippen molar-refractivity contribution in [2.45, 2.75) is 112 Å². The number of allylic oxidation sites excluding steroid dienone is 1. The van der Waals surface area contributed by atoms with E-state index in [2.05, 4.69) is 27.7 Å². The van der Waals surface area contributed by atoms with Gasteiger partial charge in [0.15, 0.2) is 0 Å². The molecule has 10 atom stereocenters. The molecule has 0 spiro atoms. The Morgan fingerprint density at radius 3 is 2.54 bits per heavy atom. The number of hydrogen-bond acceptors (Lipinski definition) is 6. The fraction of sp³-hybridized carbons (Fsp3) is 0.839. The first kappa shape index (κ1) is 26.7. The Morgan fingerprint density at radius 1 is 1.08 bits per heavy atom. The van der Waals surface area contributed by atoms with Crippen LogP contribution in [0.4, 0.5) is 0 Å².